The molecule has 106 valence electrons. The molecule has 0 aliphatic heterocycles. The van der Waals surface area contributed by atoms with E-state index in [1.807, 2.05) is 24.3 Å². The molecule has 1 aromatic carbocycles. The molecular formula is C13H12BrN7. The van der Waals surface area contributed by atoms with Crippen molar-refractivity contribution in [2.24, 2.45) is 0 Å². The van der Waals surface area contributed by atoms with E-state index < -0.39 is 0 Å². The van der Waals surface area contributed by atoms with Crippen LogP contribution in [-0.2, 0) is 0 Å². The SMILES string of the molecule is CNc1nc(Nc2cccc(Br)c2)nc(-n2ccnc2)n1. The summed E-state index contributed by atoms with van der Waals surface area (Å²) < 4.78 is 2.69. The summed E-state index contributed by atoms with van der Waals surface area (Å²) in [4.78, 5) is 17.0. The maximum Gasteiger partial charge on any atom is 0.241 e. The molecule has 2 aromatic heterocycles. The van der Waals surface area contributed by atoms with Gasteiger partial charge >= 0.3 is 0 Å². The number of benzene rings is 1. The molecule has 0 spiro atoms. The van der Waals surface area contributed by atoms with Crippen LogP contribution in [0.5, 0.6) is 0 Å². The number of aromatic nitrogens is 5. The largest absolute Gasteiger partial charge is 0.357 e. The summed E-state index contributed by atoms with van der Waals surface area (Å²) in [6.07, 6.45) is 5.08. The van der Waals surface area contributed by atoms with E-state index in [1.165, 1.54) is 0 Å². The van der Waals surface area contributed by atoms with E-state index in [-0.39, 0.29) is 0 Å². The van der Waals surface area contributed by atoms with Crippen molar-refractivity contribution >= 4 is 33.5 Å². The summed E-state index contributed by atoms with van der Waals surface area (Å²) in [6.45, 7) is 0. The zero-order valence-electron chi connectivity index (χ0n) is 11.2. The van der Waals surface area contributed by atoms with Gasteiger partial charge in [0.2, 0.25) is 17.8 Å². The molecule has 0 amide bonds. The Morgan fingerprint density at radius 2 is 2.00 bits per heavy atom. The Hall–Kier alpha value is -2.48. The highest BCUT2D eigenvalue weighted by molar-refractivity contribution is 9.10. The Bertz CT molecular complexity index is 742. The fourth-order valence-corrected chi connectivity index (χ4v) is 2.12. The molecule has 0 aliphatic rings. The Morgan fingerprint density at radius 1 is 1.14 bits per heavy atom. The fourth-order valence-electron chi connectivity index (χ4n) is 1.72. The normalized spacial score (nSPS) is 10.4. The number of halogens is 1. The van der Waals surface area contributed by atoms with E-state index in [9.17, 15) is 0 Å². The number of imidazole rings is 1. The fraction of sp³-hybridized carbons (Fsp3) is 0.0769. The molecule has 3 aromatic rings. The van der Waals surface area contributed by atoms with Crippen molar-refractivity contribution in [1.29, 1.82) is 0 Å². The smallest absolute Gasteiger partial charge is 0.241 e. The summed E-state index contributed by atoms with van der Waals surface area (Å²) in [6, 6.07) is 7.77. The lowest BCUT2D eigenvalue weighted by molar-refractivity contribution is 0.902. The highest BCUT2D eigenvalue weighted by Gasteiger charge is 2.07. The molecular weight excluding hydrogens is 334 g/mol. The van der Waals surface area contributed by atoms with E-state index in [0.717, 1.165) is 10.2 Å². The number of nitrogens with one attached hydrogen (secondary N) is 2. The second-order valence-electron chi connectivity index (χ2n) is 4.14. The van der Waals surface area contributed by atoms with Crippen molar-refractivity contribution in [2.45, 2.75) is 0 Å². The second-order valence-corrected chi connectivity index (χ2v) is 5.05. The third-order valence-electron chi connectivity index (χ3n) is 2.66. The lowest BCUT2D eigenvalue weighted by Crippen LogP contribution is -2.08. The van der Waals surface area contributed by atoms with Gasteiger partial charge in [0.25, 0.3) is 0 Å². The molecule has 0 saturated heterocycles. The molecule has 0 unspecified atom stereocenters. The van der Waals surface area contributed by atoms with Crippen molar-refractivity contribution in [1.82, 2.24) is 24.5 Å². The van der Waals surface area contributed by atoms with E-state index in [1.54, 1.807) is 30.3 Å². The molecule has 0 radical (unpaired) electrons. The second kappa shape index (κ2) is 5.88. The van der Waals surface area contributed by atoms with Crippen molar-refractivity contribution < 1.29 is 0 Å². The Labute approximate surface area is 129 Å². The van der Waals surface area contributed by atoms with Crippen LogP contribution in [0.4, 0.5) is 17.6 Å². The Morgan fingerprint density at radius 3 is 2.71 bits per heavy atom. The molecule has 21 heavy (non-hydrogen) atoms. The lowest BCUT2D eigenvalue weighted by Gasteiger charge is -2.09. The van der Waals surface area contributed by atoms with Gasteiger partial charge in [-0.1, -0.05) is 22.0 Å². The molecule has 0 saturated carbocycles. The standard InChI is InChI=1S/C13H12BrN7/c1-15-11-18-12(17-10-4-2-3-9(14)7-10)20-13(19-11)21-6-5-16-8-21/h2-8H,1H3,(H2,15,17,18,19,20). The molecule has 0 bridgehead atoms. The minimum atomic E-state index is 0.455. The van der Waals surface area contributed by atoms with Gasteiger partial charge in [-0.15, -0.1) is 0 Å². The lowest BCUT2D eigenvalue weighted by atomic mass is 10.3. The average molecular weight is 346 g/mol. The molecule has 0 aliphatic carbocycles. The van der Waals surface area contributed by atoms with Gasteiger partial charge in [-0.2, -0.15) is 15.0 Å². The summed E-state index contributed by atoms with van der Waals surface area (Å²) in [5.41, 5.74) is 0.884. The zero-order valence-corrected chi connectivity index (χ0v) is 12.7. The van der Waals surface area contributed by atoms with Gasteiger partial charge in [-0.3, -0.25) is 4.57 Å². The summed E-state index contributed by atoms with van der Waals surface area (Å²) in [5, 5.41) is 6.08. The zero-order chi connectivity index (χ0) is 14.7. The summed E-state index contributed by atoms with van der Waals surface area (Å²) in [5.74, 6) is 1.42. The number of hydrogen-bond acceptors (Lipinski definition) is 6. The van der Waals surface area contributed by atoms with Crippen LogP contribution in [0.2, 0.25) is 0 Å². The highest BCUT2D eigenvalue weighted by Crippen LogP contribution is 2.19. The topological polar surface area (TPSA) is 80.5 Å². The van der Waals surface area contributed by atoms with Gasteiger partial charge in [-0.05, 0) is 18.2 Å². The van der Waals surface area contributed by atoms with E-state index in [4.69, 9.17) is 0 Å². The molecule has 8 heteroatoms. The first-order chi connectivity index (χ1) is 10.2. The van der Waals surface area contributed by atoms with E-state index in [0.29, 0.717) is 17.8 Å². The first-order valence-corrected chi connectivity index (χ1v) is 6.98. The van der Waals surface area contributed by atoms with Gasteiger partial charge in [0.1, 0.15) is 6.33 Å². The highest BCUT2D eigenvalue weighted by atomic mass is 79.9. The number of rotatable bonds is 4. The maximum atomic E-state index is 4.38. The van der Waals surface area contributed by atoms with Crippen molar-refractivity contribution in [3.63, 3.8) is 0 Å². The predicted molar refractivity (Wildman–Crippen MR) is 83.9 cm³/mol. The number of anilines is 3. The summed E-state index contributed by atoms with van der Waals surface area (Å²) in [7, 11) is 1.76. The predicted octanol–water partition coefficient (Wildman–Crippen LogP) is 2.61. The van der Waals surface area contributed by atoms with Gasteiger partial charge < -0.3 is 10.6 Å². The van der Waals surface area contributed by atoms with Gasteiger partial charge in [0.05, 0.1) is 0 Å². The molecule has 7 nitrogen and oxygen atoms in total. The van der Waals surface area contributed by atoms with E-state index >= 15 is 0 Å². The Balaban J connectivity index is 1.96. The molecule has 2 heterocycles. The number of hydrogen-bond donors (Lipinski definition) is 2. The monoisotopic (exact) mass is 345 g/mol. The first kappa shape index (κ1) is 13.5. The van der Waals surface area contributed by atoms with Crippen molar-refractivity contribution in [2.75, 3.05) is 17.7 Å². The Kier molecular flexibility index (Phi) is 3.78. The van der Waals surface area contributed by atoms with Crippen LogP contribution in [0.1, 0.15) is 0 Å². The van der Waals surface area contributed by atoms with Crippen molar-refractivity contribution in [3.05, 3.63) is 47.5 Å². The van der Waals surface area contributed by atoms with Gasteiger partial charge in [0.15, 0.2) is 0 Å². The van der Waals surface area contributed by atoms with Crippen LogP contribution < -0.4 is 10.6 Å². The maximum absolute atomic E-state index is 4.38. The van der Waals surface area contributed by atoms with Gasteiger partial charge in [-0.25, -0.2) is 4.98 Å². The van der Waals surface area contributed by atoms with Crippen LogP contribution in [0.15, 0.2) is 47.5 Å². The minimum absolute atomic E-state index is 0.455. The van der Waals surface area contributed by atoms with Crippen LogP contribution in [0, 0.1) is 0 Å². The van der Waals surface area contributed by atoms with Crippen LogP contribution in [0.3, 0.4) is 0 Å². The number of nitrogens with zero attached hydrogens (tertiary/aromatic N) is 5. The third kappa shape index (κ3) is 3.16. The molecule has 2 N–H and O–H groups in total. The quantitative estimate of drug-likeness (QED) is 0.756. The van der Waals surface area contributed by atoms with E-state index in [2.05, 4.69) is 46.5 Å². The van der Waals surface area contributed by atoms with Crippen LogP contribution in [-0.4, -0.2) is 31.6 Å². The average Bonchev–Trinajstić information content (AvgIpc) is 3.01. The van der Waals surface area contributed by atoms with Crippen LogP contribution >= 0.6 is 15.9 Å². The summed E-state index contributed by atoms with van der Waals surface area (Å²) >= 11 is 3.43. The molecule has 0 fully saturated rings. The van der Waals surface area contributed by atoms with Crippen LogP contribution in [0.25, 0.3) is 5.95 Å². The minimum Gasteiger partial charge on any atom is -0.357 e. The van der Waals surface area contributed by atoms with Crippen molar-refractivity contribution in [3.8, 4) is 5.95 Å². The molecule has 3 rings (SSSR count). The first-order valence-electron chi connectivity index (χ1n) is 6.19. The molecule has 0 atom stereocenters. The van der Waals surface area contributed by atoms with Gasteiger partial charge in [0, 0.05) is 29.6 Å². The third-order valence-corrected chi connectivity index (χ3v) is 3.16.